The Kier molecular flexibility index (Phi) is 3.24. The first-order chi connectivity index (χ1) is 9.15. The Labute approximate surface area is 124 Å². The van der Waals surface area contributed by atoms with Crippen LogP contribution in [0.15, 0.2) is 41.0 Å². The summed E-state index contributed by atoms with van der Waals surface area (Å²) in [6.45, 7) is 2.75. The molecule has 1 N–H and O–H groups in total. The number of aromatic nitrogens is 3. The maximum atomic E-state index is 5.40. The SMILES string of the molecule is Cc1cccnc1Cn1c(=S)[nH]c2cc(Br)ccc21. The zero-order valence-corrected chi connectivity index (χ0v) is 12.8. The van der Waals surface area contributed by atoms with Gasteiger partial charge in [-0.25, -0.2) is 0 Å². The third-order valence-electron chi connectivity index (χ3n) is 3.16. The Morgan fingerprint density at radius 3 is 3.00 bits per heavy atom. The van der Waals surface area contributed by atoms with Crippen molar-refractivity contribution in [2.75, 3.05) is 0 Å². The van der Waals surface area contributed by atoms with Gasteiger partial charge in [0.1, 0.15) is 0 Å². The fourth-order valence-corrected chi connectivity index (χ4v) is 2.76. The molecule has 0 saturated carbocycles. The summed E-state index contributed by atoms with van der Waals surface area (Å²) in [5.74, 6) is 0. The van der Waals surface area contributed by atoms with Crippen molar-refractivity contribution in [2.24, 2.45) is 0 Å². The lowest BCUT2D eigenvalue weighted by Gasteiger charge is -2.06. The Hall–Kier alpha value is -1.46. The maximum Gasteiger partial charge on any atom is 0.178 e. The number of hydrogen-bond donors (Lipinski definition) is 1. The highest BCUT2D eigenvalue weighted by Crippen LogP contribution is 2.20. The summed E-state index contributed by atoms with van der Waals surface area (Å²) in [5.41, 5.74) is 4.35. The molecule has 0 aliphatic carbocycles. The maximum absolute atomic E-state index is 5.40. The first-order valence-corrected chi connectivity index (χ1v) is 7.14. The highest BCUT2D eigenvalue weighted by molar-refractivity contribution is 9.10. The number of nitrogens with one attached hydrogen (secondary N) is 1. The predicted octanol–water partition coefficient (Wildman–Crippen LogP) is 4.21. The van der Waals surface area contributed by atoms with Crippen LogP contribution in [0.25, 0.3) is 11.0 Å². The summed E-state index contributed by atoms with van der Waals surface area (Å²) in [4.78, 5) is 7.66. The van der Waals surface area contributed by atoms with Crippen LogP contribution in [-0.4, -0.2) is 14.5 Å². The van der Waals surface area contributed by atoms with Gasteiger partial charge in [-0.2, -0.15) is 0 Å². The number of halogens is 1. The normalized spacial score (nSPS) is 11.1. The van der Waals surface area contributed by atoms with E-state index in [4.69, 9.17) is 12.2 Å². The molecule has 3 nitrogen and oxygen atoms in total. The molecular formula is C14H12BrN3S. The van der Waals surface area contributed by atoms with Gasteiger partial charge in [-0.05, 0) is 49.0 Å². The van der Waals surface area contributed by atoms with Crippen LogP contribution in [0, 0.1) is 11.7 Å². The molecule has 0 bridgehead atoms. The van der Waals surface area contributed by atoms with Crippen LogP contribution >= 0.6 is 28.1 Å². The van der Waals surface area contributed by atoms with Crippen LogP contribution < -0.4 is 0 Å². The molecule has 0 amide bonds. The molecule has 0 unspecified atom stereocenters. The first-order valence-electron chi connectivity index (χ1n) is 5.94. The summed E-state index contributed by atoms with van der Waals surface area (Å²) in [6, 6.07) is 10.1. The van der Waals surface area contributed by atoms with Crippen LogP contribution in [0.4, 0.5) is 0 Å². The van der Waals surface area contributed by atoms with E-state index >= 15 is 0 Å². The monoisotopic (exact) mass is 333 g/mol. The molecule has 0 spiro atoms. The van der Waals surface area contributed by atoms with Crippen molar-refractivity contribution in [3.63, 3.8) is 0 Å². The number of nitrogens with zero attached hydrogens (tertiary/aromatic N) is 2. The van der Waals surface area contributed by atoms with Gasteiger partial charge in [-0.1, -0.05) is 22.0 Å². The van der Waals surface area contributed by atoms with E-state index in [-0.39, 0.29) is 0 Å². The van der Waals surface area contributed by atoms with Crippen molar-refractivity contribution in [1.82, 2.24) is 14.5 Å². The molecule has 3 aromatic rings. The average molecular weight is 334 g/mol. The molecule has 2 heterocycles. The minimum absolute atomic E-state index is 0.688. The van der Waals surface area contributed by atoms with E-state index in [0.29, 0.717) is 6.54 Å². The number of hydrogen-bond acceptors (Lipinski definition) is 2. The standard InChI is InChI=1S/C14H12BrN3S/c1-9-3-2-6-16-12(9)8-18-13-5-4-10(15)7-11(13)17-14(18)19/h2-7H,8H2,1H3,(H,17,19). The van der Waals surface area contributed by atoms with E-state index in [2.05, 4.69) is 49.5 Å². The third kappa shape index (κ3) is 2.35. The highest BCUT2D eigenvalue weighted by atomic mass is 79.9. The van der Waals surface area contributed by atoms with Gasteiger partial charge >= 0.3 is 0 Å². The molecule has 96 valence electrons. The number of fused-ring (bicyclic) bond motifs is 1. The molecule has 3 rings (SSSR count). The predicted molar refractivity (Wildman–Crippen MR) is 82.9 cm³/mol. The number of aromatic amines is 1. The second kappa shape index (κ2) is 4.90. The van der Waals surface area contributed by atoms with E-state index in [1.165, 1.54) is 5.56 Å². The smallest absolute Gasteiger partial charge is 0.178 e. The van der Waals surface area contributed by atoms with Crippen LogP contribution in [0.5, 0.6) is 0 Å². The van der Waals surface area contributed by atoms with Crippen molar-refractivity contribution in [3.8, 4) is 0 Å². The van der Waals surface area contributed by atoms with Gasteiger partial charge in [0, 0.05) is 10.7 Å². The van der Waals surface area contributed by atoms with Crippen LogP contribution in [0.2, 0.25) is 0 Å². The minimum Gasteiger partial charge on any atom is -0.331 e. The quantitative estimate of drug-likeness (QED) is 0.712. The fourth-order valence-electron chi connectivity index (χ4n) is 2.13. The molecule has 5 heteroatoms. The van der Waals surface area contributed by atoms with Crippen LogP contribution in [0.3, 0.4) is 0 Å². The third-order valence-corrected chi connectivity index (χ3v) is 3.98. The molecule has 0 aliphatic rings. The Morgan fingerprint density at radius 2 is 2.21 bits per heavy atom. The van der Waals surface area contributed by atoms with E-state index in [0.717, 1.165) is 26.0 Å². The van der Waals surface area contributed by atoms with Gasteiger partial charge in [-0.3, -0.25) is 4.98 Å². The number of imidazole rings is 1. The number of aryl methyl sites for hydroxylation is 1. The van der Waals surface area contributed by atoms with E-state index in [1.54, 1.807) is 0 Å². The Morgan fingerprint density at radius 1 is 1.37 bits per heavy atom. The summed E-state index contributed by atoms with van der Waals surface area (Å²) in [6.07, 6.45) is 1.82. The zero-order valence-electron chi connectivity index (χ0n) is 10.4. The second-order valence-electron chi connectivity index (χ2n) is 4.44. The van der Waals surface area contributed by atoms with E-state index in [1.807, 2.05) is 24.4 Å². The fraction of sp³-hybridized carbons (Fsp3) is 0.143. The van der Waals surface area contributed by atoms with Crippen molar-refractivity contribution < 1.29 is 0 Å². The largest absolute Gasteiger partial charge is 0.331 e. The highest BCUT2D eigenvalue weighted by Gasteiger charge is 2.07. The lowest BCUT2D eigenvalue weighted by Crippen LogP contribution is -2.03. The van der Waals surface area contributed by atoms with Crippen LogP contribution in [-0.2, 0) is 6.54 Å². The van der Waals surface area contributed by atoms with E-state index < -0.39 is 0 Å². The molecule has 0 fully saturated rings. The number of H-pyrrole nitrogens is 1. The van der Waals surface area contributed by atoms with Crippen molar-refractivity contribution in [1.29, 1.82) is 0 Å². The lowest BCUT2D eigenvalue weighted by molar-refractivity contribution is 0.778. The topological polar surface area (TPSA) is 33.6 Å². The van der Waals surface area contributed by atoms with Gasteiger partial charge in [0.05, 0.1) is 23.3 Å². The Bertz CT molecular complexity index is 804. The summed E-state index contributed by atoms with van der Waals surface area (Å²) < 4.78 is 3.84. The van der Waals surface area contributed by atoms with Gasteiger partial charge in [-0.15, -0.1) is 0 Å². The second-order valence-corrected chi connectivity index (χ2v) is 5.75. The number of pyridine rings is 1. The first kappa shape index (κ1) is 12.6. The van der Waals surface area contributed by atoms with Gasteiger partial charge in [0.15, 0.2) is 4.77 Å². The number of benzene rings is 1. The van der Waals surface area contributed by atoms with Crippen molar-refractivity contribution >= 4 is 39.2 Å². The van der Waals surface area contributed by atoms with Crippen LogP contribution in [0.1, 0.15) is 11.3 Å². The summed E-state index contributed by atoms with van der Waals surface area (Å²) in [5, 5.41) is 0. The average Bonchev–Trinajstić information content (AvgIpc) is 2.68. The van der Waals surface area contributed by atoms with Gasteiger partial charge < -0.3 is 9.55 Å². The molecule has 2 aromatic heterocycles. The molecule has 0 radical (unpaired) electrons. The lowest BCUT2D eigenvalue weighted by atomic mass is 10.2. The minimum atomic E-state index is 0.688. The summed E-state index contributed by atoms with van der Waals surface area (Å²) >= 11 is 8.87. The van der Waals surface area contributed by atoms with Gasteiger partial charge in [0.25, 0.3) is 0 Å². The molecule has 0 atom stereocenters. The molecule has 19 heavy (non-hydrogen) atoms. The molecule has 0 saturated heterocycles. The molecular weight excluding hydrogens is 322 g/mol. The summed E-state index contributed by atoms with van der Waals surface area (Å²) in [7, 11) is 0. The van der Waals surface area contributed by atoms with Crippen molar-refractivity contribution in [2.45, 2.75) is 13.5 Å². The van der Waals surface area contributed by atoms with Gasteiger partial charge in [0.2, 0.25) is 0 Å². The molecule has 1 aromatic carbocycles. The van der Waals surface area contributed by atoms with E-state index in [9.17, 15) is 0 Å². The van der Waals surface area contributed by atoms with Crippen molar-refractivity contribution in [3.05, 3.63) is 57.0 Å². The number of rotatable bonds is 2. The Balaban J connectivity index is 2.13. The zero-order chi connectivity index (χ0) is 13.4. The molecule has 0 aliphatic heterocycles.